The molecule has 2 heterocycles. The molecule has 0 fully saturated rings. The topological polar surface area (TPSA) is 56.5 Å². The van der Waals surface area contributed by atoms with Gasteiger partial charge in [-0.3, -0.25) is 4.79 Å². The van der Waals surface area contributed by atoms with Crippen molar-refractivity contribution < 1.29 is 14.3 Å². The minimum absolute atomic E-state index is 0.0214. The third-order valence-corrected chi connectivity index (χ3v) is 3.89. The van der Waals surface area contributed by atoms with Crippen LogP contribution in [0.1, 0.15) is 21.5 Å². The predicted molar refractivity (Wildman–Crippen MR) is 81.1 cm³/mol. The first-order valence-electron chi connectivity index (χ1n) is 7.26. The molecule has 3 rings (SSSR count). The van der Waals surface area contributed by atoms with E-state index in [9.17, 15) is 10.0 Å². The number of amides is 1. The van der Waals surface area contributed by atoms with E-state index in [1.165, 1.54) is 23.5 Å². The van der Waals surface area contributed by atoms with Gasteiger partial charge in [-0.15, -0.1) is 0 Å². The summed E-state index contributed by atoms with van der Waals surface area (Å²) in [4.78, 5) is 13.9. The normalized spacial score (nSPS) is 16.9. The van der Waals surface area contributed by atoms with Crippen molar-refractivity contribution in [3.63, 3.8) is 0 Å². The Labute approximate surface area is 129 Å². The Morgan fingerprint density at radius 3 is 2.86 bits per heavy atom. The maximum absolute atomic E-state index is 12.3. The van der Waals surface area contributed by atoms with Crippen LogP contribution in [0.2, 0.25) is 0 Å². The number of aromatic nitrogens is 1. The van der Waals surface area contributed by atoms with Crippen LogP contribution in [0.25, 0.3) is 0 Å². The molecule has 0 aliphatic carbocycles. The lowest BCUT2D eigenvalue weighted by Crippen LogP contribution is -2.39. The Balaban J connectivity index is 1.65. The van der Waals surface area contributed by atoms with Gasteiger partial charge >= 0.3 is 0 Å². The minimum atomic E-state index is -0.173. The predicted octanol–water partition coefficient (Wildman–Crippen LogP) is 1.53. The molecule has 1 aliphatic rings. The molecule has 1 unspecified atom stereocenters. The Kier molecular flexibility index (Phi) is 4.06. The van der Waals surface area contributed by atoms with Gasteiger partial charge in [0.25, 0.3) is 5.91 Å². The highest BCUT2D eigenvalue weighted by atomic mass is 16.5. The van der Waals surface area contributed by atoms with Crippen LogP contribution in [0.4, 0.5) is 0 Å². The van der Waals surface area contributed by atoms with Gasteiger partial charge in [-0.25, -0.2) is 0 Å². The molecule has 0 N–H and O–H groups in total. The summed E-state index contributed by atoms with van der Waals surface area (Å²) in [6, 6.07) is 11.4. The van der Waals surface area contributed by atoms with E-state index in [0.717, 1.165) is 6.42 Å². The van der Waals surface area contributed by atoms with Crippen LogP contribution in [0, 0.1) is 5.21 Å². The van der Waals surface area contributed by atoms with E-state index in [4.69, 9.17) is 4.74 Å². The molecule has 22 heavy (non-hydrogen) atoms. The number of hydrogen-bond acceptors (Lipinski definition) is 3. The molecule has 0 saturated heterocycles. The number of ether oxygens (including phenoxy) is 1. The Bertz CT molecular complexity index is 687. The van der Waals surface area contributed by atoms with E-state index in [1.54, 1.807) is 24.1 Å². The fourth-order valence-corrected chi connectivity index (χ4v) is 2.72. The zero-order chi connectivity index (χ0) is 15.5. The summed E-state index contributed by atoms with van der Waals surface area (Å²) in [7, 11) is 1.73. The molecule has 0 bridgehead atoms. The lowest BCUT2D eigenvalue weighted by molar-refractivity contribution is -0.605. The first-order valence-corrected chi connectivity index (χ1v) is 7.26. The van der Waals surface area contributed by atoms with Crippen molar-refractivity contribution in [3.8, 4) is 0 Å². The fraction of sp³-hybridized carbons (Fsp3) is 0.294. The summed E-state index contributed by atoms with van der Waals surface area (Å²) in [6.45, 7) is 1.08. The van der Waals surface area contributed by atoms with Gasteiger partial charge in [0.2, 0.25) is 0 Å². The van der Waals surface area contributed by atoms with Crippen molar-refractivity contribution in [2.75, 3.05) is 13.6 Å². The highest BCUT2D eigenvalue weighted by Gasteiger charge is 2.23. The summed E-state index contributed by atoms with van der Waals surface area (Å²) < 4.78 is 6.46. The molecule has 114 valence electrons. The van der Waals surface area contributed by atoms with E-state index in [2.05, 4.69) is 12.1 Å². The minimum Gasteiger partial charge on any atom is -0.619 e. The van der Waals surface area contributed by atoms with Gasteiger partial charge in [-0.05, 0) is 17.2 Å². The largest absolute Gasteiger partial charge is 0.619 e. The molecule has 0 radical (unpaired) electrons. The van der Waals surface area contributed by atoms with Gasteiger partial charge in [-0.2, -0.15) is 4.73 Å². The zero-order valence-electron chi connectivity index (χ0n) is 12.4. The van der Waals surface area contributed by atoms with Crippen LogP contribution in [0.15, 0.2) is 48.8 Å². The highest BCUT2D eigenvalue weighted by Crippen LogP contribution is 2.20. The number of fused-ring (bicyclic) bond motifs is 1. The van der Waals surface area contributed by atoms with Crippen molar-refractivity contribution in [3.05, 3.63) is 70.7 Å². The molecular formula is C17H18N2O3. The third-order valence-electron chi connectivity index (χ3n) is 3.89. The third kappa shape index (κ3) is 3.09. The summed E-state index contributed by atoms with van der Waals surface area (Å²) >= 11 is 0. The van der Waals surface area contributed by atoms with Crippen LogP contribution in [0.3, 0.4) is 0 Å². The monoisotopic (exact) mass is 298 g/mol. The van der Waals surface area contributed by atoms with Crippen LogP contribution < -0.4 is 4.73 Å². The van der Waals surface area contributed by atoms with Gasteiger partial charge in [0.05, 0.1) is 12.7 Å². The van der Waals surface area contributed by atoms with E-state index in [0.29, 0.717) is 23.4 Å². The molecule has 5 heteroatoms. The number of likely N-dealkylation sites (N-methyl/N-ethyl adjacent to an activating group) is 1. The second kappa shape index (κ2) is 6.15. The first-order chi connectivity index (χ1) is 10.6. The van der Waals surface area contributed by atoms with Crippen LogP contribution in [0.5, 0.6) is 0 Å². The van der Waals surface area contributed by atoms with Crippen molar-refractivity contribution >= 4 is 5.91 Å². The zero-order valence-corrected chi connectivity index (χ0v) is 12.4. The Morgan fingerprint density at radius 2 is 2.09 bits per heavy atom. The summed E-state index contributed by atoms with van der Waals surface area (Å²) in [5, 5.41) is 11.3. The van der Waals surface area contributed by atoms with Gasteiger partial charge in [0.15, 0.2) is 12.4 Å². The van der Waals surface area contributed by atoms with E-state index < -0.39 is 0 Å². The van der Waals surface area contributed by atoms with Gasteiger partial charge < -0.3 is 14.8 Å². The molecule has 1 aliphatic heterocycles. The standard InChI is InChI=1S/C17H18N2O3/c1-18(17(20)14-7-4-8-19(21)10-14)11-16-9-13-5-2-3-6-15(13)12-22-16/h2-8,10,16H,9,11-12H2,1H3. The van der Waals surface area contributed by atoms with Crippen LogP contribution >= 0.6 is 0 Å². The van der Waals surface area contributed by atoms with Gasteiger partial charge in [0, 0.05) is 26.1 Å². The summed E-state index contributed by atoms with van der Waals surface area (Å²) in [6.07, 6.45) is 3.42. The fourth-order valence-electron chi connectivity index (χ4n) is 2.72. The molecule has 5 nitrogen and oxygen atoms in total. The molecule has 1 aromatic heterocycles. The van der Waals surface area contributed by atoms with Crippen molar-refractivity contribution in [1.82, 2.24) is 4.90 Å². The average molecular weight is 298 g/mol. The van der Waals surface area contributed by atoms with Crippen molar-refractivity contribution in [1.29, 1.82) is 0 Å². The number of benzene rings is 1. The number of hydrogen-bond donors (Lipinski definition) is 0. The van der Waals surface area contributed by atoms with E-state index in [1.807, 2.05) is 12.1 Å². The molecular weight excluding hydrogens is 280 g/mol. The Morgan fingerprint density at radius 1 is 1.32 bits per heavy atom. The lowest BCUT2D eigenvalue weighted by Gasteiger charge is -2.29. The van der Waals surface area contributed by atoms with Crippen molar-refractivity contribution in [2.24, 2.45) is 0 Å². The van der Waals surface area contributed by atoms with Gasteiger partial charge in [-0.1, -0.05) is 24.3 Å². The quantitative estimate of drug-likeness (QED) is 0.638. The smallest absolute Gasteiger partial charge is 0.259 e. The number of carbonyl (C=O) groups excluding carboxylic acids is 1. The lowest BCUT2D eigenvalue weighted by atomic mass is 9.99. The average Bonchev–Trinajstić information content (AvgIpc) is 2.54. The number of rotatable bonds is 3. The second-order valence-corrected chi connectivity index (χ2v) is 5.54. The molecule has 2 aromatic rings. The van der Waals surface area contributed by atoms with E-state index in [-0.39, 0.29) is 12.0 Å². The highest BCUT2D eigenvalue weighted by molar-refractivity contribution is 5.93. The maximum atomic E-state index is 12.3. The SMILES string of the molecule is CN(CC1Cc2ccccc2CO1)C(=O)c1ccc[n+]([O-])c1. The van der Waals surface area contributed by atoms with Crippen LogP contribution in [-0.2, 0) is 17.8 Å². The Hall–Kier alpha value is -2.40. The maximum Gasteiger partial charge on any atom is 0.259 e. The molecule has 1 aromatic carbocycles. The number of nitrogens with zero attached hydrogens (tertiary/aromatic N) is 2. The molecule has 0 spiro atoms. The first kappa shape index (κ1) is 14.5. The molecule has 0 saturated carbocycles. The summed E-state index contributed by atoms with van der Waals surface area (Å²) in [5.74, 6) is -0.173. The summed E-state index contributed by atoms with van der Waals surface area (Å²) in [5.41, 5.74) is 2.87. The second-order valence-electron chi connectivity index (χ2n) is 5.54. The van der Waals surface area contributed by atoms with E-state index >= 15 is 0 Å². The van der Waals surface area contributed by atoms with Crippen molar-refractivity contribution in [2.45, 2.75) is 19.1 Å². The molecule has 1 amide bonds. The molecule has 1 atom stereocenters. The van der Waals surface area contributed by atoms with Gasteiger partial charge in [0.1, 0.15) is 5.56 Å². The van der Waals surface area contributed by atoms with Crippen LogP contribution in [-0.4, -0.2) is 30.5 Å². The number of carbonyl (C=O) groups is 1. The number of pyridine rings is 1.